The van der Waals surface area contributed by atoms with E-state index in [0.29, 0.717) is 19.6 Å². The van der Waals surface area contributed by atoms with Crippen LogP contribution in [-0.4, -0.2) is 54.4 Å². The summed E-state index contributed by atoms with van der Waals surface area (Å²) in [7, 11) is -3.32. The molecular weight excluding hydrogens is 240 g/mol. The zero-order valence-corrected chi connectivity index (χ0v) is 11.8. The molecule has 0 aliphatic carbocycles. The Kier molecular flexibility index (Phi) is 5.37. The third kappa shape index (κ3) is 3.40. The van der Waals surface area contributed by atoms with Crippen molar-refractivity contribution in [1.29, 1.82) is 0 Å². The van der Waals surface area contributed by atoms with Gasteiger partial charge in [0.15, 0.2) is 0 Å². The third-order valence-electron chi connectivity index (χ3n) is 3.34. The molecule has 0 unspecified atom stereocenters. The maximum Gasteiger partial charge on any atom is 0.282 e. The SMILES string of the molecule is CCN(C(C)C)S(=O)(=O)N1CCC(CO)CC1. The normalized spacial score (nSPS) is 20.4. The van der Waals surface area contributed by atoms with E-state index in [-0.39, 0.29) is 18.6 Å². The summed E-state index contributed by atoms with van der Waals surface area (Å²) in [6.45, 7) is 7.35. The Hall–Kier alpha value is -0.170. The van der Waals surface area contributed by atoms with Crippen molar-refractivity contribution in [2.24, 2.45) is 5.92 Å². The molecule has 1 rings (SSSR count). The highest BCUT2D eigenvalue weighted by Gasteiger charge is 2.33. The molecule has 0 radical (unpaired) electrons. The van der Waals surface area contributed by atoms with E-state index < -0.39 is 10.2 Å². The Morgan fingerprint density at radius 1 is 1.35 bits per heavy atom. The van der Waals surface area contributed by atoms with Gasteiger partial charge in [-0.2, -0.15) is 17.0 Å². The average molecular weight is 264 g/mol. The molecule has 0 aromatic carbocycles. The molecule has 0 aromatic heterocycles. The second-order valence-electron chi connectivity index (χ2n) is 4.83. The van der Waals surface area contributed by atoms with Crippen LogP contribution in [0.4, 0.5) is 0 Å². The molecule has 0 spiro atoms. The van der Waals surface area contributed by atoms with Crippen LogP contribution in [0.3, 0.4) is 0 Å². The van der Waals surface area contributed by atoms with Crippen molar-refractivity contribution in [3.63, 3.8) is 0 Å². The van der Waals surface area contributed by atoms with Crippen LogP contribution in [0.2, 0.25) is 0 Å². The second kappa shape index (κ2) is 6.13. The average Bonchev–Trinajstić information content (AvgIpc) is 2.29. The van der Waals surface area contributed by atoms with Gasteiger partial charge in [-0.15, -0.1) is 0 Å². The minimum atomic E-state index is -3.32. The highest BCUT2D eigenvalue weighted by atomic mass is 32.2. The van der Waals surface area contributed by atoms with Gasteiger partial charge in [0.1, 0.15) is 0 Å². The van der Waals surface area contributed by atoms with Crippen molar-refractivity contribution in [2.45, 2.75) is 39.7 Å². The Morgan fingerprint density at radius 3 is 2.24 bits per heavy atom. The van der Waals surface area contributed by atoms with Gasteiger partial charge in [-0.3, -0.25) is 0 Å². The van der Waals surface area contributed by atoms with Gasteiger partial charge in [0.05, 0.1) is 0 Å². The first-order chi connectivity index (χ1) is 7.93. The van der Waals surface area contributed by atoms with Gasteiger partial charge in [-0.25, -0.2) is 0 Å². The molecule has 0 bridgehead atoms. The zero-order chi connectivity index (χ0) is 13.1. The molecule has 1 N–H and O–H groups in total. The molecule has 0 saturated carbocycles. The fourth-order valence-corrected chi connectivity index (χ4v) is 4.09. The van der Waals surface area contributed by atoms with Crippen molar-refractivity contribution in [2.75, 3.05) is 26.2 Å². The van der Waals surface area contributed by atoms with Crippen molar-refractivity contribution < 1.29 is 13.5 Å². The predicted molar refractivity (Wildman–Crippen MR) is 67.8 cm³/mol. The van der Waals surface area contributed by atoms with E-state index >= 15 is 0 Å². The van der Waals surface area contributed by atoms with Crippen molar-refractivity contribution in [3.8, 4) is 0 Å². The lowest BCUT2D eigenvalue weighted by Crippen LogP contribution is -2.49. The molecular formula is C11H24N2O3S. The maximum absolute atomic E-state index is 12.3. The van der Waals surface area contributed by atoms with Gasteiger partial charge in [0.2, 0.25) is 0 Å². The van der Waals surface area contributed by atoms with Crippen LogP contribution in [0.15, 0.2) is 0 Å². The Labute approximate surface area is 105 Å². The van der Waals surface area contributed by atoms with Crippen LogP contribution in [0.25, 0.3) is 0 Å². The summed E-state index contributed by atoms with van der Waals surface area (Å²) in [6, 6.07) is -0.0134. The molecule has 1 aliphatic heterocycles. The van der Waals surface area contributed by atoms with E-state index in [1.807, 2.05) is 20.8 Å². The quantitative estimate of drug-likeness (QED) is 0.794. The monoisotopic (exact) mass is 264 g/mol. The third-order valence-corrected chi connectivity index (χ3v) is 5.63. The van der Waals surface area contributed by atoms with E-state index in [4.69, 9.17) is 5.11 Å². The summed E-state index contributed by atoms with van der Waals surface area (Å²) >= 11 is 0. The summed E-state index contributed by atoms with van der Waals surface area (Å²) in [5.74, 6) is 0.260. The van der Waals surface area contributed by atoms with Crippen molar-refractivity contribution in [3.05, 3.63) is 0 Å². The van der Waals surface area contributed by atoms with Gasteiger partial charge in [-0.05, 0) is 32.6 Å². The minimum Gasteiger partial charge on any atom is -0.396 e. The van der Waals surface area contributed by atoms with E-state index in [1.165, 1.54) is 4.31 Å². The lowest BCUT2D eigenvalue weighted by Gasteiger charge is -2.35. The van der Waals surface area contributed by atoms with Gasteiger partial charge in [0.25, 0.3) is 10.2 Å². The Morgan fingerprint density at radius 2 is 1.88 bits per heavy atom. The first-order valence-electron chi connectivity index (χ1n) is 6.31. The van der Waals surface area contributed by atoms with Gasteiger partial charge in [-0.1, -0.05) is 6.92 Å². The van der Waals surface area contributed by atoms with Crippen LogP contribution < -0.4 is 0 Å². The van der Waals surface area contributed by atoms with E-state index in [9.17, 15) is 8.42 Å². The lowest BCUT2D eigenvalue weighted by atomic mass is 10.00. The largest absolute Gasteiger partial charge is 0.396 e. The molecule has 1 heterocycles. The van der Waals surface area contributed by atoms with Crippen molar-refractivity contribution >= 4 is 10.2 Å². The van der Waals surface area contributed by atoms with Crippen LogP contribution >= 0.6 is 0 Å². The summed E-state index contributed by atoms with van der Waals surface area (Å²) in [5.41, 5.74) is 0. The Balaban J connectivity index is 2.72. The molecule has 102 valence electrons. The summed E-state index contributed by atoms with van der Waals surface area (Å²) in [6.07, 6.45) is 1.51. The second-order valence-corrected chi connectivity index (χ2v) is 6.71. The lowest BCUT2D eigenvalue weighted by molar-refractivity contribution is 0.165. The number of rotatable bonds is 5. The van der Waals surface area contributed by atoms with E-state index in [0.717, 1.165) is 12.8 Å². The van der Waals surface area contributed by atoms with Crippen LogP contribution in [0.1, 0.15) is 33.6 Å². The van der Waals surface area contributed by atoms with E-state index in [2.05, 4.69) is 0 Å². The number of hydrogen-bond acceptors (Lipinski definition) is 3. The highest BCUT2D eigenvalue weighted by molar-refractivity contribution is 7.86. The standard InChI is InChI=1S/C11H24N2O3S/c1-4-13(10(2)3)17(15,16)12-7-5-11(9-14)6-8-12/h10-11,14H,4-9H2,1-3H3. The molecule has 1 fully saturated rings. The summed E-state index contributed by atoms with van der Waals surface area (Å²) < 4.78 is 27.7. The highest BCUT2D eigenvalue weighted by Crippen LogP contribution is 2.21. The van der Waals surface area contributed by atoms with Gasteiger partial charge < -0.3 is 5.11 Å². The van der Waals surface area contributed by atoms with Crippen LogP contribution in [0, 0.1) is 5.92 Å². The first kappa shape index (κ1) is 14.9. The number of nitrogens with zero attached hydrogens (tertiary/aromatic N) is 2. The van der Waals surface area contributed by atoms with Crippen molar-refractivity contribution in [1.82, 2.24) is 8.61 Å². The smallest absolute Gasteiger partial charge is 0.282 e. The molecule has 0 atom stereocenters. The van der Waals surface area contributed by atoms with Gasteiger partial charge in [0, 0.05) is 32.3 Å². The minimum absolute atomic E-state index is 0.0134. The molecule has 17 heavy (non-hydrogen) atoms. The number of piperidine rings is 1. The zero-order valence-electron chi connectivity index (χ0n) is 11.0. The molecule has 1 saturated heterocycles. The Bertz CT molecular complexity index is 322. The summed E-state index contributed by atoms with van der Waals surface area (Å²) in [5, 5.41) is 9.05. The van der Waals surface area contributed by atoms with E-state index in [1.54, 1.807) is 4.31 Å². The first-order valence-corrected chi connectivity index (χ1v) is 7.71. The number of aliphatic hydroxyl groups excluding tert-OH is 1. The number of aliphatic hydroxyl groups is 1. The molecule has 5 nitrogen and oxygen atoms in total. The van der Waals surface area contributed by atoms with Gasteiger partial charge >= 0.3 is 0 Å². The topological polar surface area (TPSA) is 60.9 Å². The molecule has 1 aliphatic rings. The number of hydrogen-bond donors (Lipinski definition) is 1. The fourth-order valence-electron chi connectivity index (χ4n) is 2.27. The molecule has 0 amide bonds. The molecule has 6 heteroatoms. The molecule has 0 aromatic rings. The van der Waals surface area contributed by atoms with Crippen LogP contribution in [-0.2, 0) is 10.2 Å². The van der Waals surface area contributed by atoms with Crippen LogP contribution in [0.5, 0.6) is 0 Å². The fraction of sp³-hybridized carbons (Fsp3) is 1.00. The summed E-state index contributed by atoms with van der Waals surface area (Å²) in [4.78, 5) is 0. The predicted octanol–water partition coefficient (Wildman–Crippen LogP) is 0.666. The maximum atomic E-state index is 12.3.